The lowest BCUT2D eigenvalue weighted by atomic mass is 10.2. The van der Waals surface area contributed by atoms with Crippen LogP contribution in [-0.4, -0.2) is 9.67 Å². The molecule has 15 heavy (non-hydrogen) atoms. The summed E-state index contributed by atoms with van der Waals surface area (Å²) in [6.07, 6.45) is 1.91. The number of aliphatic hydroxyl groups excluding tert-OH is 1. The number of aryl methyl sites for hydroxylation is 1. The second-order valence-electron chi connectivity index (χ2n) is 3.46. The van der Waals surface area contributed by atoms with Crippen LogP contribution < -0.4 is 0 Å². The van der Waals surface area contributed by atoms with Gasteiger partial charge in [0, 0.05) is 22.6 Å². The minimum Gasteiger partial charge on any atom is -0.390 e. The summed E-state index contributed by atoms with van der Waals surface area (Å²) in [6.45, 7) is 1.99. The molecule has 1 N–H and O–H groups in total. The molecule has 0 unspecified atom stereocenters. The molecule has 78 valence electrons. The fraction of sp³-hybridized carbons (Fsp3) is 0.167. The van der Waals surface area contributed by atoms with Crippen molar-refractivity contribution in [2.24, 2.45) is 0 Å². The molecular weight excluding hydrogens is 210 g/mol. The van der Waals surface area contributed by atoms with E-state index in [-0.39, 0.29) is 6.61 Å². The zero-order valence-corrected chi connectivity index (χ0v) is 9.20. The maximum atomic E-state index is 9.14. The van der Waals surface area contributed by atoms with Gasteiger partial charge in [-0.05, 0) is 36.8 Å². The van der Waals surface area contributed by atoms with Gasteiger partial charge in [-0.1, -0.05) is 17.7 Å². The van der Waals surface area contributed by atoms with E-state index < -0.39 is 0 Å². The highest BCUT2D eigenvalue weighted by molar-refractivity contribution is 6.31. The molecule has 3 heteroatoms. The summed E-state index contributed by atoms with van der Waals surface area (Å²) in [5, 5.41) is 9.88. The minimum atomic E-state index is 0.0263. The molecule has 1 heterocycles. The Balaban J connectivity index is 2.50. The number of halogens is 1. The van der Waals surface area contributed by atoms with Crippen LogP contribution in [0.15, 0.2) is 36.5 Å². The largest absolute Gasteiger partial charge is 0.390 e. The van der Waals surface area contributed by atoms with Gasteiger partial charge in [-0.3, -0.25) is 0 Å². The lowest BCUT2D eigenvalue weighted by Crippen LogP contribution is -1.98. The molecule has 2 rings (SSSR count). The normalized spacial score (nSPS) is 10.6. The van der Waals surface area contributed by atoms with Crippen LogP contribution >= 0.6 is 11.6 Å². The molecule has 2 aromatic rings. The number of nitrogens with zero attached hydrogens (tertiary/aromatic N) is 1. The first-order valence-electron chi connectivity index (χ1n) is 4.76. The third-order valence-electron chi connectivity index (χ3n) is 2.43. The Morgan fingerprint density at radius 1 is 1.33 bits per heavy atom. The molecule has 0 aliphatic carbocycles. The molecule has 0 saturated heterocycles. The summed E-state index contributed by atoms with van der Waals surface area (Å²) in [6, 6.07) is 9.64. The smallest absolute Gasteiger partial charge is 0.0836 e. The maximum absolute atomic E-state index is 9.14. The van der Waals surface area contributed by atoms with E-state index in [0.717, 1.165) is 22.0 Å². The molecule has 0 atom stereocenters. The molecule has 2 nitrogen and oxygen atoms in total. The molecule has 0 amide bonds. The van der Waals surface area contributed by atoms with Crippen molar-refractivity contribution in [3.8, 4) is 5.69 Å². The Hall–Kier alpha value is -1.25. The van der Waals surface area contributed by atoms with Crippen LogP contribution in [0.1, 0.15) is 11.3 Å². The SMILES string of the molecule is Cc1ccc(-n2cccc2CO)cc1Cl. The Bertz CT molecular complexity index is 476. The zero-order chi connectivity index (χ0) is 10.8. The van der Waals surface area contributed by atoms with Gasteiger partial charge in [0.25, 0.3) is 0 Å². The van der Waals surface area contributed by atoms with Gasteiger partial charge in [0.1, 0.15) is 0 Å². The first kappa shape index (κ1) is 10.3. The monoisotopic (exact) mass is 221 g/mol. The molecule has 0 aliphatic heterocycles. The van der Waals surface area contributed by atoms with Crippen LogP contribution in [-0.2, 0) is 6.61 Å². The third-order valence-corrected chi connectivity index (χ3v) is 2.84. The van der Waals surface area contributed by atoms with E-state index in [0.29, 0.717) is 0 Å². The van der Waals surface area contributed by atoms with Gasteiger partial charge in [-0.25, -0.2) is 0 Å². The zero-order valence-electron chi connectivity index (χ0n) is 8.44. The number of hydrogen-bond donors (Lipinski definition) is 1. The average Bonchev–Trinajstić information content (AvgIpc) is 2.70. The summed E-state index contributed by atoms with van der Waals surface area (Å²) in [7, 11) is 0. The Morgan fingerprint density at radius 2 is 2.13 bits per heavy atom. The van der Waals surface area contributed by atoms with Crippen molar-refractivity contribution in [1.82, 2.24) is 4.57 Å². The summed E-state index contributed by atoms with van der Waals surface area (Å²) in [4.78, 5) is 0. The number of aliphatic hydroxyl groups is 1. The molecule has 0 bridgehead atoms. The highest BCUT2D eigenvalue weighted by Gasteiger charge is 2.03. The van der Waals surface area contributed by atoms with Crippen LogP contribution in [0.5, 0.6) is 0 Å². The Morgan fingerprint density at radius 3 is 2.80 bits per heavy atom. The van der Waals surface area contributed by atoms with Crippen molar-refractivity contribution >= 4 is 11.6 Å². The van der Waals surface area contributed by atoms with Crippen molar-refractivity contribution in [1.29, 1.82) is 0 Å². The van der Waals surface area contributed by atoms with Crippen molar-refractivity contribution in [3.63, 3.8) is 0 Å². The first-order valence-corrected chi connectivity index (χ1v) is 5.14. The van der Waals surface area contributed by atoms with E-state index >= 15 is 0 Å². The number of hydrogen-bond acceptors (Lipinski definition) is 1. The molecule has 1 aromatic carbocycles. The topological polar surface area (TPSA) is 25.2 Å². The summed E-state index contributed by atoms with van der Waals surface area (Å²) >= 11 is 6.05. The van der Waals surface area contributed by atoms with Crippen LogP contribution in [0.3, 0.4) is 0 Å². The highest BCUT2D eigenvalue weighted by atomic mass is 35.5. The molecule has 1 aromatic heterocycles. The second-order valence-corrected chi connectivity index (χ2v) is 3.87. The van der Waals surface area contributed by atoms with Crippen molar-refractivity contribution in [3.05, 3.63) is 52.8 Å². The van der Waals surface area contributed by atoms with Gasteiger partial charge in [-0.15, -0.1) is 0 Å². The van der Waals surface area contributed by atoms with Crippen LogP contribution in [0, 0.1) is 6.92 Å². The van der Waals surface area contributed by atoms with Gasteiger partial charge in [0.05, 0.1) is 6.61 Å². The third kappa shape index (κ3) is 1.91. The van der Waals surface area contributed by atoms with Crippen molar-refractivity contribution < 1.29 is 5.11 Å². The van der Waals surface area contributed by atoms with Crippen LogP contribution in [0.25, 0.3) is 5.69 Å². The van der Waals surface area contributed by atoms with Crippen molar-refractivity contribution in [2.45, 2.75) is 13.5 Å². The quantitative estimate of drug-likeness (QED) is 0.829. The molecule has 0 saturated carbocycles. The van der Waals surface area contributed by atoms with Gasteiger partial charge < -0.3 is 9.67 Å². The summed E-state index contributed by atoms with van der Waals surface area (Å²) < 4.78 is 1.92. The molecular formula is C12H12ClNO. The van der Waals surface area contributed by atoms with Crippen LogP contribution in [0.2, 0.25) is 5.02 Å². The van der Waals surface area contributed by atoms with Gasteiger partial charge >= 0.3 is 0 Å². The fourth-order valence-electron chi connectivity index (χ4n) is 1.53. The van der Waals surface area contributed by atoms with E-state index in [4.69, 9.17) is 16.7 Å². The van der Waals surface area contributed by atoms with E-state index in [2.05, 4.69) is 0 Å². The van der Waals surface area contributed by atoms with Gasteiger partial charge in [-0.2, -0.15) is 0 Å². The van der Waals surface area contributed by atoms with Gasteiger partial charge in [0.15, 0.2) is 0 Å². The molecule has 0 fully saturated rings. The van der Waals surface area contributed by atoms with E-state index in [1.165, 1.54) is 0 Å². The number of aromatic nitrogens is 1. The predicted octanol–water partition coefficient (Wildman–Crippen LogP) is 2.93. The summed E-state index contributed by atoms with van der Waals surface area (Å²) in [5.41, 5.74) is 2.88. The molecule has 0 spiro atoms. The first-order chi connectivity index (χ1) is 7.22. The molecule has 0 radical (unpaired) electrons. The van der Waals surface area contributed by atoms with Gasteiger partial charge in [0.2, 0.25) is 0 Å². The van der Waals surface area contributed by atoms with E-state index in [1.807, 2.05) is 48.0 Å². The minimum absolute atomic E-state index is 0.0263. The summed E-state index contributed by atoms with van der Waals surface area (Å²) in [5.74, 6) is 0. The van der Waals surface area contributed by atoms with Crippen molar-refractivity contribution in [2.75, 3.05) is 0 Å². The number of benzene rings is 1. The standard InChI is InChI=1S/C12H12ClNO/c1-9-4-5-10(7-12(9)13)14-6-2-3-11(14)8-15/h2-7,15H,8H2,1H3. The number of rotatable bonds is 2. The Labute approximate surface area is 93.7 Å². The fourth-order valence-corrected chi connectivity index (χ4v) is 1.70. The second kappa shape index (κ2) is 4.09. The maximum Gasteiger partial charge on any atom is 0.0836 e. The van der Waals surface area contributed by atoms with E-state index in [9.17, 15) is 0 Å². The average molecular weight is 222 g/mol. The lowest BCUT2D eigenvalue weighted by Gasteiger charge is -2.08. The van der Waals surface area contributed by atoms with Crippen LogP contribution in [0.4, 0.5) is 0 Å². The van der Waals surface area contributed by atoms with E-state index in [1.54, 1.807) is 0 Å². The predicted molar refractivity (Wildman–Crippen MR) is 61.4 cm³/mol. The Kier molecular flexibility index (Phi) is 2.80. The lowest BCUT2D eigenvalue weighted by molar-refractivity contribution is 0.274. The highest BCUT2D eigenvalue weighted by Crippen LogP contribution is 2.20. The molecule has 0 aliphatic rings.